The highest BCUT2D eigenvalue weighted by molar-refractivity contribution is 5.50. The highest BCUT2D eigenvalue weighted by atomic mass is 14.0. The first-order chi connectivity index (χ1) is 7.30. The van der Waals surface area contributed by atoms with Crippen molar-refractivity contribution in [1.82, 2.24) is 0 Å². The Bertz CT molecular complexity index is 435. The molecule has 0 N–H and O–H groups in total. The summed E-state index contributed by atoms with van der Waals surface area (Å²) in [5.41, 5.74) is 2.90. The topological polar surface area (TPSA) is 0 Å². The third-order valence-electron chi connectivity index (χ3n) is 1.74. The van der Waals surface area contributed by atoms with Crippen LogP contribution in [0.1, 0.15) is 37.5 Å². The van der Waals surface area contributed by atoms with Crippen LogP contribution in [0.2, 0.25) is 0 Å². The number of hydrogen-bond acceptors (Lipinski definition) is 0. The van der Waals surface area contributed by atoms with Crippen molar-refractivity contribution in [2.45, 2.75) is 20.8 Å². The van der Waals surface area contributed by atoms with Gasteiger partial charge in [0, 0.05) is 16.7 Å². The zero-order chi connectivity index (χ0) is 11.1. The zero-order valence-corrected chi connectivity index (χ0v) is 9.23. The van der Waals surface area contributed by atoms with Crippen molar-refractivity contribution in [3.63, 3.8) is 0 Å². The lowest BCUT2D eigenvalue weighted by atomic mass is 10.1. The smallest absolute Gasteiger partial charge is 0.0269 e. The second kappa shape index (κ2) is 5.59. The van der Waals surface area contributed by atoms with Gasteiger partial charge in [0.2, 0.25) is 0 Å². The van der Waals surface area contributed by atoms with Crippen molar-refractivity contribution >= 4 is 0 Å². The summed E-state index contributed by atoms with van der Waals surface area (Å²) in [5, 5.41) is 0. The molecule has 0 aliphatic heterocycles. The first-order valence-electron chi connectivity index (χ1n) is 4.73. The molecule has 0 heteroatoms. The van der Waals surface area contributed by atoms with Crippen LogP contribution in [0.3, 0.4) is 0 Å². The Labute approximate surface area is 91.7 Å². The summed E-state index contributed by atoms with van der Waals surface area (Å²) in [4.78, 5) is 0. The van der Waals surface area contributed by atoms with Gasteiger partial charge in [-0.05, 0) is 39.0 Å². The number of rotatable bonds is 0. The van der Waals surface area contributed by atoms with E-state index in [1.54, 1.807) is 0 Å². The molecule has 0 aliphatic rings. The molecule has 0 aliphatic carbocycles. The first kappa shape index (κ1) is 11.0. The highest BCUT2D eigenvalue weighted by Gasteiger charge is 1.95. The molecule has 0 heterocycles. The maximum absolute atomic E-state index is 3.02. The Balaban J connectivity index is 3.31. The quantitative estimate of drug-likeness (QED) is 0.554. The Morgan fingerprint density at radius 3 is 1.07 bits per heavy atom. The van der Waals surface area contributed by atoms with E-state index in [0.717, 1.165) is 16.7 Å². The second-order valence-electron chi connectivity index (χ2n) is 2.92. The molecule has 1 aromatic carbocycles. The molecule has 1 rings (SSSR count). The van der Waals surface area contributed by atoms with Gasteiger partial charge < -0.3 is 0 Å². The van der Waals surface area contributed by atoms with Crippen molar-refractivity contribution in [1.29, 1.82) is 0 Å². The lowest BCUT2D eigenvalue weighted by Crippen LogP contribution is -1.83. The van der Waals surface area contributed by atoms with Gasteiger partial charge in [-0.25, -0.2) is 0 Å². The van der Waals surface area contributed by atoms with Crippen LogP contribution in [-0.2, 0) is 0 Å². The second-order valence-corrected chi connectivity index (χ2v) is 2.92. The fraction of sp³-hybridized carbons (Fsp3) is 0.200. The maximum atomic E-state index is 3.02. The Hall–Kier alpha value is -2.10. The molecule has 0 amide bonds. The zero-order valence-electron chi connectivity index (χ0n) is 9.23. The average molecular weight is 192 g/mol. The van der Waals surface area contributed by atoms with Crippen LogP contribution in [0, 0.1) is 35.5 Å². The lowest BCUT2D eigenvalue weighted by Gasteiger charge is -1.96. The van der Waals surface area contributed by atoms with Crippen molar-refractivity contribution in [3.05, 3.63) is 34.9 Å². The van der Waals surface area contributed by atoms with Crippen LogP contribution in [0.4, 0.5) is 0 Å². The van der Waals surface area contributed by atoms with Crippen molar-refractivity contribution in [3.8, 4) is 35.5 Å². The summed E-state index contributed by atoms with van der Waals surface area (Å²) in [5.74, 6) is 17.7. The number of benzene rings is 1. The molecule has 0 nitrogen and oxygen atoms in total. The van der Waals surface area contributed by atoms with Gasteiger partial charge in [0.1, 0.15) is 0 Å². The van der Waals surface area contributed by atoms with E-state index in [4.69, 9.17) is 0 Å². The van der Waals surface area contributed by atoms with Gasteiger partial charge in [-0.2, -0.15) is 0 Å². The van der Waals surface area contributed by atoms with E-state index in [1.807, 2.05) is 39.0 Å². The fourth-order valence-corrected chi connectivity index (χ4v) is 1.28. The standard InChI is InChI=1S/C15H12/c1-4-7-13-10-14(8-5-2)12-15(11-13)9-6-3/h10-12H,1-3H3. The molecule has 0 radical (unpaired) electrons. The third-order valence-corrected chi connectivity index (χ3v) is 1.74. The van der Waals surface area contributed by atoms with Gasteiger partial charge in [0.15, 0.2) is 0 Å². The van der Waals surface area contributed by atoms with E-state index in [2.05, 4.69) is 35.5 Å². The third kappa shape index (κ3) is 3.27. The van der Waals surface area contributed by atoms with E-state index in [1.165, 1.54) is 0 Å². The van der Waals surface area contributed by atoms with Gasteiger partial charge in [-0.15, -0.1) is 17.8 Å². The van der Waals surface area contributed by atoms with E-state index in [9.17, 15) is 0 Å². The normalized spacial score (nSPS) is 7.40. The first-order valence-corrected chi connectivity index (χ1v) is 4.73. The molecule has 72 valence electrons. The summed E-state index contributed by atoms with van der Waals surface area (Å²) in [6, 6.07) is 5.94. The molecule has 0 atom stereocenters. The van der Waals surface area contributed by atoms with Crippen LogP contribution in [-0.4, -0.2) is 0 Å². The highest BCUT2D eigenvalue weighted by Crippen LogP contribution is 2.08. The summed E-state index contributed by atoms with van der Waals surface area (Å²) >= 11 is 0. The van der Waals surface area contributed by atoms with Crippen LogP contribution >= 0.6 is 0 Å². The molecule has 0 saturated carbocycles. The van der Waals surface area contributed by atoms with Crippen LogP contribution in [0.25, 0.3) is 0 Å². The molecule has 1 aromatic rings. The molecule has 0 fully saturated rings. The molecule has 0 saturated heterocycles. The van der Waals surface area contributed by atoms with Crippen molar-refractivity contribution in [2.24, 2.45) is 0 Å². The fourth-order valence-electron chi connectivity index (χ4n) is 1.28. The molecular weight excluding hydrogens is 180 g/mol. The SMILES string of the molecule is CC#Cc1cc(C#CC)cc(C#CC)c1. The van der Waals surface area contributed by atoms with Crippen molar-refractivity contribution < 1.29 is 0 Å². The van der Waals surface area contributed by atoms with E-state index >= 15 is 0 Å². The van der Waals surface area contributed by atoms with Gasteiger partial charge in [-0.1, -0.05) is 17.8 Å². The van der Waals surface area contributed by atoms with Crippen LogP contribution in [0.5, 0.6) is 0 Å². The van der Waals surface area contributed by atoms with Crippen LogP contribution < -0.4 is 0 Å². The summed E-state index contributed by atoms with van der Waals surface area (Å²) in [7, 11) is 0. The van der Waals surface area contributed by atoms with Crippen molar-refractivity contribution in [2.75, 3.05) is 0 Å². The minimum absolute atomic E-state index is 0.968. The van der Waals surface area contributed by atoms with E-state index < -0.39 is 0 Å². The average Bonchev–Trinajstić information content (AvgIpc) is 2.19. The lowest BCUT2D eigenvalue weighted by molar-refractivity contribution is 1.55. The molecule has 0 aromatic heterocycles. The molecular formula is C15H12. The Kier molecular flexibility index (Phi) is 4.09. The predicted octanol–water partition coefficient (Wildman–Crippen LogP) is 2.80. The minimum atomic E-state index is 0.968. The van der Waals surface area contributed by atoms with E-state index in [0.29, 0.717) is 0 Å². The Morgan fingerprint density at radius 1 is 0.600 bits per heavy atom. The minimum Gasteiger partial charge on any atom is -0.101 e. The summed E-state index contributed by atoms with van der Waals surface area (Å²) in [6.45, 7) is 5.47. The van der Waals surface area contributed by atoms with Gasteiger partial charge >= 0.3 is 0 Å². The summed E-state index contributed by atoms with van der Waals surface area (Å²) in [6.07, 6.45) is 0. The molecule has 0 unspecified atom stereocenters. The maximum Gasteiger partial charge on any atom is 0.0269 e. The molecule has 0 spiro atoms. The molecule has 0 bridgehead atoms. The van der Waals surface area contributed by atoms with Gasteiger partial charge in [0.05, 0.1) is 0 Å². The van der Waals surface area contributed by atoms with E-state index in [-0.39, 0.29) is 0 Å². The summed E-state index contributed by atoms with van der Waals surface area (Å²) < 4.78 is 0. The monoisotopic (exact) mass is 192 g/mol. The largest absolute Gasteiger partial charge is 0.101 e. The van der Waals surface area contributed by atoms with Gasteiger partial charge in [0.25, 0.3) is 0 Å². The number of hydrogen-bond donors (Lipinski definition) is 0. The van der Waals surface area contributed by atoms with Crippen LogP contribution in [0.15, 0.2) is 18.2 Å². The molecule has 15 heavy (non-hydrogen) atoms. The van der Waals surface area contributed by atoms with Gasteiger partial charge in [-0.3, -0.25) is 0 Å². The predicted molar refractivity (Wildman–Crippen MR) is 64.1 cm³/mol. The Morgan fingerprint density at radius 2 is 0.867 bits per heavy atom.